The van der Waals surface area contributed by atoms with E-state index in [9.17, 15) is 4.79 Å². The van der Waals surface area contributed by atoms with E-state index in [4.69, 9.17) is 4.98 Å². The maximum atomic E-state index is 13.1. The molecule has 0 saturated carbocycles. The normalized spacial score (nSPS) is 11.9. The lowest BCUT2D eigenvalue weighted by Gasteiger charge is -2.10. The smallest absolute Gasteiger partial charge is 0.248 e. The van der Waals surface area contributed by atoms with Gasteiger partial charge in [0, 0.05) is 5.92 Å². The molecule has 28 heavy (non-hydrogen) atoms. The molecule has 0 unspecified atom stereocenters. The molecule has 0 saturated heterocycles. The van der Waals surface area contributed by atoms with Crippen molar-refractivity contribution in [2.24, 2.45) is 0 Å². The van der Waals surface area contributed by atoms with E-state index in [-0.39, 0.29) is 11.3 Å². The van der Waals surface area contributed by atoms with E-state index in [1.165, 1.54) is 0 Å². The van der Waals surface area contributed by atoms with Crippen LogP contribution in [-0.4, -0.2) is 19.7 Å². The fourth-order valence-electron chi connectivity index (χ4n) is 3.73. The van der Waals surface area contributed by atoms with Gasteiger partial charge < -0.3 is 0 Å². The van der Waals surface area contributed by atoms with E-state index >= 15 is 0 Å². The average molecular weight is 370 g/mol. The maximum Gasteiger partial charge on any atom is 0.248 e. The lowest BCUT2D eigenvalue weighted by Crippen LogP contribution is -2.32. The Morgan fingerprint density at radius 2 is 1.75 bits per heavy atom. The number of para-hydroxylation sites is 3. The topological polar surface area (TPSA) is 67.7 Å². The Hall–Kier alpha value is -3.54. The van der Waals surface area contributed by atoms with E-state index in [0.29, 0.717) is 16.7 Å². The molecule has 138 valence electrons. The van der Waals surface area contributed by atoms with Gasteiger partial charge in [0.2, 0.25) is 22.5 Å². The van der Waals surface area contributed by atoms with Crippen molar-refractivity contribution in [3.05, 3.63) is 76.3 Å². The SMILES string of the molecule is Cc1nn(-c2ccccc2)c2nc(C(C)C)[n+]3c4ccccc4[nH]c3c2c1=O. The van der Waals surface area contributed by atoms with Crippen LogP contribution in [0.4, 0.5) is 0 Å². The first-order valence-electron chi connectivity index (χ1n) is 9.37. The van der Waals surface area contributed by atoms with Crippen LogP contribution in [-0.2, 0) is 0 Å². The molecule has 3 heterocycles. The van der Waals surface area contributed by atoms with Crippen LogP contribution in [0.2, 0.25) is 0 Å². The number of aromatic amines is 1. The molecule has 0 aliphatic heterocycles. The van der Waals surface area contributed by atoms with Crippen LogP contribution in [0.3, 0.4) is 0 Å². The highest BCUT2D eigenvalue weighted by molar-refractivity contribution is 5.90. The number of aryl methyl sites for hydroxylation is 1. The van der Waals surface area contributed by atoms with Crippen LogP contribution in [0.5, 0.6) is 0 Å². The van der Waals surface area contributed by atoms with Crippen LogP contribution in [0.15, 0.2) is 59.4 Å². The van der Waals surface area contributed by atoms with Gasteiger partial charge in [0.05, 0.1) is 5.69 Å². The van der Waals surface area contributed by atoms with E-state index < -0.39 is 0 Å². The Kier molecular flexibility index (Phi) is 3.55. The number of benzene rings is 2. The summed E-state index contributed by atoms with van der Waals surface area (Å²) >= 11 is 0. The number of aromatic nitrogens is 5. The first kappa shape index (κ1) is 16.6. The molecule has 3 aromatic heterocycles. The minimum absolute atomic E-state index is 0.103. The zero-order valence-corrected chi connectivity index (χ0v) is 16.0. The monoisotopic (exact) mass is 370 g/mol. The minimum atomic E-state index is -0.103. The van der Waals surface area contributed by atoms with Crippen molar-refractivity contribution in [1.82, 2.24) is 19.7 Å². The van der Waals surface area contributed by atoms with Crippen molar-refractivity contribution in [1.29, 1.82) is 0 Å². The number of nitrogens with zero attached hydrogens (tertiary/aromatic N) is 4. The summed E-state index contributed by atoms with van der Waals surface area (Å²) in [5.74, 6) is 1.05. The molecule has 0 aliphatic rings. The predicted octanol–water partition coefficient (Wildman–Crippen LogP) is 3.43. The zero-order chi connectivity index (χ0) is 19.4. The number of hydrogen-bond acceptors (Lipinski definition) is 3. The Balaban J connectivity index is 2.07. The predicted molar refractivity (Wildman–Crippen MR) is 109 cm³/mol. The fourth-order valence-corrected chi connectivity index (χ4v) is 3.73. The average Bonchev–Trinajstić information content (AvgIpc) is 3.09. The van der Waals surface area contributed by atoms with Crippen molar-refractivity contribution in [3.63, 3.8) is 0 Å². The molecule has 6 heteroatoms. The summed E-state index contributed by atoms with van der Waals surface area (Å²) in [6.07, 6.45) is 0. The molecular formula is C22H20N5O+. The van der Waals surface area contributed by atoms with E-state index in [1.807, 2.05) is 54.6 Å². The molecule has 5 aromatic rings. The van der Waals surface area contributed by atoms with E-state index in [1.54, 1.807) is 11.6 Å². The van der Waals surface area contributed by atoms with Gasteiger partial charge in [-0.25, -0.2) is 0 Å². The highest BCUT2D eigenvalue weighted by atomic mass is 16.1. The number of fused-ring (bicyclic) bond motifs is 5. The van der Waals surface area contributed by atoms with Crippen molar-refractivity contribution in [2.45, 2.75) is 26.7 Å². The van der Waals surface area contributed by atoms with Crippen molar-refractivity contribution in [3.8, 4) is 5.69 Å². The molecule has 2 aromatic carbocycles. The largest absolute Gasteiger partial charge is 0.287 e. The van der Waals surface area contributed by atoms with Crippen LogP contribution in [0.25, 0.3) is 33.4 Å². The van der Waals surface area contributed by atoms with Gasteiger partial charge in [-0.15, -0.1) is 0 Å². The quantitative estimate of drug-likeness (QED) is 0.484. The van der Waals surface area contributed by atoms with Crippen molar-refractivity contribution in [2.75, 3.05) is 0 Å². The molecule has 0 spiro atoms. The lowest BCUT2D eigenvalue weighted by molar-refractivity contribution is -0.496. The molecule has 0 bridgehead atoms. The van der Waals surface area contributed by atoms with Gasteiger partial charge in [0.1, 0.15) is 16.7 Å². The molecule has 0 atom stereocenters. The summed E-state index contributed by atoms with van der Waals surface area (Å²) in [7, 11) is 0. The van der Waals surface area contributed by atoms with Crippen LogP contribution >= 0.6 is 0 Å². The zero-order valence-electron chi connectivity index (χ0n) is 16.0. The first-order valence-corrected chi connectivity index (χ1v) is 9.37. The van der Waals surface area contributed by atoms with Crippen LogP contribution < -0.4 is 9.83 Å². The number of hydrogen-bond donors (Lipinski definition) is 1. The number of imidazole rings is 1. The standard InChI is InChI=1S/C22H19N5O/c1-13(2)20-24-22-18(21-23-16-11-7-8-12-17(16)26(20)21)19(28)14(3)25-27(22)15-9-5-4-6-10-15/h4-13H,1-3H3/p+1. The Morgan fingerprint density at radius 1 is 1.04 bits per heavy atom. The minimum Gasteiger partial charge on any atom is -0.287 e. The fraction of sp³-hybridized carbons (Fsp3) is 0.182. The third-order valence-corrected chi connectivity index (χ3v) is 5.06. The van der Waals surface area contributed by atoms with Gasteiger partial charge in [0.25, 0.3) is 0 Å². The molecule has 5 rings (SSSR count). The molecule has 0 radical (unpaired) electrons. The number of rotatable bonds is 2. The van der Waals surface area contributed by atoms with Gasteiger partial charge >= 0.3 is 0 Å². The molecule has 0 fully saturated rings. The number of nitrogens with one attached hydrogen (secondary N) is 1. The summed E-state index contributed by atoms with van der Waals surface area (Å²) in [5, 5.41) is 5.10. The number of H-pyrrole nitrogens is 1. The summed E-state index contributed by atoms with van der Waals surface area (Å²) in [5.41, 5.74) is 4.52. The summed E-state index contributed by atoms with van der Waals surface area (Å²) in [6.45, 7) is 5.96. The van der Waals surface area contributed by atoms with Gasteiger partial charge in [-0.05, 0) is 31.2 Å². The van der Waals surface area contributed by atoms with E-state index in [0.717, 1.165) is 28.2 Å². The van der Waals surface area contributed by atoms with Gasteiger partial charge in [0.15, 0.2) is 5.39 Å². The molecule has 0 amide bonds. The lowest BCUT2D eigenvalue weighted by atomic mass is 10.2. The van der Waals surface area contributed by atoms with E-state index in [2.05, 4.69) is 28.3 Å². The highest BCUT2D eigenvalue weighted by Crippen LogP contribution is 2.22. The molecule has 6 nitrogen and oxygen atoms in total. The Labute approximate surface area is 161 Å². The van der Waals surface area contributed by atoms with Gasteiger partial charge in [-0.1, -0.05) is 49.2 Å². The third-order valence-electron chi connectivity index (χ3n) is 5.06. The maximum absolute atomic E-state index is 13.1. The van der Waals surface area contributed by atoms with Gasteiger partial charge in [-0.3, -0.25) is 9.78 Å². The second kappa shape index (κ2) is 5.99. The van der Waals surface area contributed by atoms with Gasteiger partial charge in [-0.2, -0.15) is 14.2 Å². The molecule has 0 aliphatic carbocycles. The van der Waals surface area contributed by atoms with Crippen molar-refractivity contribution >= 4 is 27.7 Å². The summed E-state index contributed by atoms with van der Waals surface area (Å²) < 4.78 is 3.84. The Morgan fingerprint density at radius 3 is 2.50 bits per heavy atom. The second-order valence-corrected chi connectivity index (χ2v) is 7.31. The summed E-state index contributed by atoms with van der Waals surface area (Å²) in [4.78, 5) is 21.5. The molecular weight excluding hydrogens is 350 g/mol. The van der Waals surface area contributed by atoms with Crippen LogP contribution in [0.1, 0.15) is 31.3 Å². The summed E-state index contributed by atoms with van der Waals surface area (Å²) in [6, 6.07) is 17.8. The van der Waals surface area contributed by atoms with Crippen molar-refractivity contribution < 1.29 is 4.40 Å². The highest BCUT2D eigenvalue weighted by Gasteiger charge is 2.27. The molecule has 1 N–H and O–H groups in total. The van der Waals surface area contributed by atoms with Crippen LogP contribution in [0, 0.1) is 6.92 Å². The first-order chi connectivity index (χ1) is 13.6. The second-order valence-electron chi connectivity index (χ2n) is 7.31. The Bertz CT molecular complexity index is 1410. The third kappa shape index (κ3) is 2.27.